The van der Waals surface area contributed by atoms with Gasteiger partial charge in [0.25, 0.3) is 0 Å². The Morgan fingerprint density at radius 1 is 0.917 bits per heavy atom. The second-order valence-electron chi connectivity index (χ2n) is 6.10. The molecule has 0 atom stereocenters. The molecule has 0 spiro atoms. The van der Waals surface area contributed by atoms with Gasteiger partial charge in [0, 0.05) is 28.9 Å². The minimum Gasteiger partial charge on any atom is -0.495 e. The van der Waals surface area contributed by atoms with E-state index < -0.39 is 0 Å². The van der Waals surface area contributed by atoms with Crippen molar-refractivity contribution in [1.29, 1.82) is 0 Å². The topological polar surface area (TPSA) is 14.2 Å². The Hall–Kier alpha value is -2.26. The van der Waals surface area contributed by atoms with Crippen LogP contribution in [0.25, 0.3) is 21.8 Å². The summed E-state index contributed by atoms with van der Waals surface area (Å²) in [4.78, 5) is 0. The smallest absolute Gasteiger partial charge is 0.135 e. The summed E-state index contributed by atoms with van der Waals surface area (Å²) in [5.74, 6) is 0.858. The van der Waals surface area contributed by atoms with E-state index in [0.29, 0.717) is 0 Å². The Morgan fingerprint density at radius 3 is 2.42 bits per heavy atom. The first-order valence-corrected chi connectivity index (χ1v) is 8.76. The highest BCUT2D eigenvalue weighted by Gasteiger charge is 2.14. The molecule has 0 bridgehead atoms. The lowest BCUT2D eigenvalue weighted by atomic mass is 10.1. The molecule has 1 heterocycles. The number of rotatable bonds is 3. The van der Waals surface area contributed by atoms with E-state index in [9.17, 15) is 0 Å². The summed E-state index contributed by atoms with van der Waals surface area (Å²) in [6.07, 6.45) is 0. The number of halogens is 1. The number of hydrogen-bond acceptors (Lipinski definition) is 1. The van der Waals surface area contributed by atoms with E-state index in [0.717, 1.165) is 16.8 Å². The first kappa shape index (κ1) is 15.3. The van der Waals surface area contributed by atoms with E-state index in [1.807, 2.05) is 0 Å². The van der Waals surface area contributed by atoms with E-state index in [1.165, 1.54) is 32.9 Å². The lowest BCUT2D eigenvalue weighted by Crippen LogP contribution is -1.99. The molecule has 0 fully saturated rings. The molecule has 3 aromatic carbocycles. The zero-order chi connectivity index (χ0) is 16.7. The third-order valence-corrected chi connectivity index (χ3v) is 5.10. The number of aryl methyl sites for hydroxylation is 1. The normalized spacial score (nSPS) is 11.3. The number of benzene rings is 3. The van der Waals surface area contributed by atoms with Gasteiger partial charge < -0.3 is 9.30 Å². The van der Waals surface area contributed by atoms with Gasteiger partial charge in [0.15, 0.2) is 0 Å². The largest absolute Gasteiger partial charge is 0.495 e. The SMILES string of the molecule is COc1cc2c(cc1Br)c1cc(C)ccc1n2Cc1ccccc1. The summed E-state index contributed by atoms with van der Waals surface area (Å²) in [6, 6.07) is 21.5. The highest BCUT2D eigenvalue weighted by atomic mass is 79.9. The molecule has 4 rings (SSSR count). The first-order chi connectivity index (χ1) is 11.7. The molecule has 2 nitrogen and oxygen atoms in total. The summed E-state index contributed by atoms with van der Waals surface area (Å²) in [5.41, 5.74) is 5.01. The predicted octanol–water partition coefficient (Wildman–Crippen LogP) is 5.92. The van der Waals surface area contributed by atoms with E-state index in [2.05, 4.69) is 88.1 Å². The molecule has 0 saturated heterocycles. The maximum Gasteiger partial charge on any atom is 0.135 e. The van der Waals surface area contributed by atoms with Crippen molar-refractivity contribution in [3.63, 3.8) is 0 Å². The van der Waals surface area contributed by atoms with Crippen LogP contribution in [-0.4, -0.2) is 11.7 Å². The monoisotopic (exact) mass is 379 g/mol. The third-order valence-electron chi connectivity index (χ3n) is 4.48. The molecular weight excluding hydrogens is 362 g/mol. The Labute approximate surface area is 149 Å². The van der Waals surface area contributed by atoms with Crippen LogP contribution in [0.5, 0.6) is 5.75 Å². The number of methoxy groups -OCH3 is 1. The first-order valence-electron chi connectivity index (χ1n) is 7.97. The van der Waals surface area contributed by atoms with Crippen LogP contribution in [0.15, 0.2) is 65.1 Å². The van der Waals surface area contributed by atoms with Crippen LogP contribution >= 0.6 is 15.9 Å². The van der Waals surface area contributed by atoms with Crippen molar-refractivity contribution in [2.75, 3.05) is 7.11 Å². The van der Waals surface area contributed by atoms with Crippen LogP contribution in [0, 0.1) is 6.92 Å². The van der Waals surface area contributed by atoms with Crippen LogP contribution in [0.4, 0.5) is 0 Å². The van der Waals surface area contributed by atoms with Gasteiger partial charge in [-0.05, 0) is 46.6 Å². The van der Waals surface area contributed by atoms with E-state index in [4.69, 9.17) is 4.74 Å². The van der Waals surface area contributed by atoms with E-state index >= 15 is 0 Å². The minimum absolute atomic E-state index is 0.842. The molecule has 24 heavy (non-hydrogen) atoms. The average Bonchev–Trinajstić information content (AvgIpc) is 2.87. The van der Waals surface area contributed by atoms with Crippen molar-refractivity contribution in [2.24, 2.45) is 0 Å². The summed E-state index contributed by atoms with van der Waals surface area (Å²) < 4.78 is 8.87. The van der Waals surface area contributed by atoms with E-state index in [-0.39, 0.29) is 0 Å². The summed E-state index contributed by atoms with van der Waals surface area (Å²) >= 11 is 3.62. The number of hydrogen-bond donors (Lipinski definition) is 0. The highest BCUT2D eigenvalue weighted by molar-refractivity contribution is 9.10. The third kappa shape index (κ3) is 2.49. The zero-order valence-corrected chi connectivity index (χ0v) is 15.3. The van der Waals surface area contributed by atoms with Gasteiger partial charge in [-0.1, -0.05) is 42.0 Å². The van der Waals surface area contributed by atoms with Gasteiger partial charge in [0.1, 0.15) is 5.75 Å². The van der Waals surface area contributed by atoms with Gasteiger partial charge in [0.2, 0.25) is 0 Å². The second-order valence-corrected chi connectivity index (χ2v) is 6.95. The molecule has 0 radical (unpaired) electrons. The number of aromatic nitrogens is 1. The lowest BCUT2D eigenvalue weighted by Gasteiger charge is -2.09. The molecule has 0 N–H and O–H groups in total. The molecule has 0 aliphatic heterocycles. The van der Waals surface area contributed by atoms with Crippen molar-refractivity contribution in [2.45, 2.75) is 13.5 Å². The van der Waals surface area contributed by atoms with Gasteiger partial charge in [0.05, 0.1) is 17.1 Å². The molecular formula is C21H18BrNO. The van der Waals surface area contributed by atoms with Crippen molar-refractivity contribution in [3.8, 4) is 5.75 Å². The maximum atomic E-state index is 5.52. The van der Waals surface area contributed by atoms with Crippen LogP contribution in [0.3, 0.4) is 0 Å². The van der Waals surface area contributed by atoms with Crippen molar-refractivity contribution >= 4 is 37.7 Å². The molecule has 1 aromatic heterocycles. The van der Waals surface area contributed by atoms with Crippen molar-refractivity contribution in [3.05, 3.63) is 76.3 Å². The molecule has 0 unspecified atom stereocenters. The fourth-order valence-electron chi connectivity index (χ4n) is 3.31. The van der Waals surface area contributed by atoms with E-state index in [1.54, 1.807) is 7.11 Å². The molecule has 3 heteroatoms. The van der Waals surface area contributed by atoms with Crippen LogP contribution in [-0.2, 0) is 6.54 Å². The minimum atomic E-state index is 0.842. The maximum absolute atomic E-state index is 5.52. The molecule has 0 saturated carbocycles. The molecule has 120 valence electrons. The number of ether oxygens (including phenoxy) is 1. The number of fused-ring (bicyclic) bond motifs is 3. The molecule has 4 aromatic rings. The Bertz CT molecular complexity index is 1030. The summed E-state index contributed by atoms with van der Waals surface area (Å²) in [6.45, 7) is 2.98. The van der Waals surface area contributed by atoms with Gasteiger partial charge >= 0.3 is 0 Å². The average molecular weight is 380 g/mol. The summed E-state index contributed by atoms with van der Waals surface area (Å²) in [5, 5.41) is 2.53. The fourth-order valence-corrected chi connectivity index (χ4v) is 3.81. The Balaban J connectivity index is 2.04. The quantitative estimate of drug-likeness (QED) is 0.430. The van der Waals surface area contributed by atoms with Crippen molar-refractivity contribution in [1.82, 2.24) is 4.57 Å². The predicted molar refractivity (Wildman–Crippen MR) is 104 cm³/mol. The zero-order valence-electron chi connectivity index (χ0n) is 13.7. The number of nitrogens with zero attached hydrogens (tertiary/aromatic N) is 1. The highest BCUT2D eigenvalue weighted by Crippen LogP contribution is 2.37. The molecule has 0 aliphatic carbocycles. The standard InChI is InChI=1S/C21H18BrNO/c1-14-8-9-19-16(10-14)17-11-18(22)21(24-2)12-20(17)23(19)13-15-6-4-3-5-7-15/h3-12H,13H2,1-2H3. The van der Waals surface area contributed by atoms with Crippen LogP contribution in [0.2, 0.25) is 0 Å². The van der Waals surface area contributed by atoms with Gasteiger partial charge in [-0.3, -0.25) is 0 Å². The second kappa shape index (κ2) is 5.99. The Morgan fingerprint density at radius 2 is 1.67 bits per heavy atom. The van der Waals surface area contributed by atoms with Crippen LogP contribution in [0.1, 0.15) is 11.1 Å². The van der Waals surface area contributed by atoms with Crippen molar-refractivity contribution < 1.29 is 4.74 Å². The lowest BCUT2D eigenvalue weighted by molar-refractivity contribution is 0.412. The molecule has 0 aliphatic rings. The van der Waals surface area contributed by atoms with Crippen LogP contribution < -0.4 is 4.74 Å². The van der Waals surface area contributed by atoms with Gasteiger partial charge in [-0.2, -0.15) is 0 Å². The molecule has 0 amide bonds. The van der Waals surface area contributed by atoms with Gasteiger partial charge in [-0.25, -0.2) is 0 Å². The Kier molecular flexibility index (Phi) is 3.81. The fraction of sp³-hybridized carbons (Fsp3) is 0.143. The van der Waals surface area contributed by atoms with Gasteiger partial charge in [-0.15, -0.1) is 0 Å². The summed E-state index contributed by atoms with van der Waals surface area (Å²) in [7, 11) is 1.71.